The first-order valence-electron chi connectivity index (χ1n) is 9.93. The minimum absolute atomic E-state index is 0.178. The Morgan fingerprint density at radius 3 is 2.71 bits per heavy atom. The van der Waals surface area contributed by atoms with Gasteiger partial charge in [-0.25, -0.2) is 17.7 Å². The predicted octanol–water partition coefficient (Wildman–Crippen LogP) is 2.50. The lowest BCUT2D eigenvalue weighted by Gasteiger charge is -2.31. The first-order valence-corrected chi connectivity index (χ1v) is 11.4. The van der Waals surface area contributed by atoms with Gasteiger partial charge in [-0.1, -0.05) is 6.92 Å². The Kier molecular flexibility index (Phi) is 6.09. The third kappa shape index (κ3) is 4.07. The normalized spacial score (nSPS) is 18.2. The maximum atomic E-state index is 12.6. The van der Waals surface area contributed by atoms with E-state index in [2.05, 4.69) is 16.5 Å². The van der Waals surface area contributed by atoms with E-state index in [0.717, 1.165) is 37.4 Å². The molecule has 1 aliphatic heterocycles. The Labute approximate surface area is 167 Å². The third-order valence-electron chi connectivity index (χ3n) is 5.47. The number of aryl methyl sites for hydroxylation is 2. The second-order valence-electron chi connectivity index (χ2n) is 7.80. The molecule has 0 radical (unpaired) electrons. The van der Waals surface area contributed by atoms with Crippen molar-refractivity contribution in [3.8, 4) is 0 Å². The molecule has 1 amide bonds. The van der Waals surface area contributed by atoms with Gasteiger partial charge in [-0.2, -0.15) is 0 Å². The molecule has 1 aromatic heterocycles. The minimum Gasteiger partial charge on any atom is -0.342 e. The second kappa shape index (κ2) is 8.21. The van der Waals surface area contributed by atoms with Crippen molar-refractivity contribution < 1.29 is 13.2 Å². The minimum atomic E-state index is -3.50. The van der Waals surface area contributed by atoms with Crippen molar-refractivity contribution in [3.05, 3.63) is 24.0 Å². The van der Waals surface area contributed by atoms with E-state index in [1.54, 1.807) is 18.2 Å². The maximum absolute atomic E-state index is 12.6. The summed E-state index contributed by atoms with van der Waals surface area (Å²) in [6.07, 6.45) is 3.25. The van der Waals surface area contributed by atoms with Gasteiger partial charge in [0.1, 0.15) is 5.82 Å². The number of sulfonamides is 1. The van der Waals surface area contributed by atoms with Crippen LogP contribution in [0.2, 0.25) is 0 Å². The lowest BCUT2D eigenvalue weighted by molar-refractivity contribution is -0.132. The number of amides is 1. The monoisotopic (exact) mass is 406 g/mol. The van der Waals surface area contributed by atoms with E-state index in [1.807, 2.05) is 11.8 Å². The van der Waals surface area contributed by atoms with E-state index in [9.17, 15) is 13.2 Å². The molecule has 1 unspecified atom stereocenters. The standard InChI is InChI=1S/C20H30N4O3S/c1-5-24-18-9-8-16(28(26,27)22(3)4)13-17(18)21-19(24)10-11-20(25)23-12-6-7-15(2)14-23/h8-9,13,15H,5-7,10-12,14H2,1-4H3. The zero-order chi connectivity index (χ0) is 20.5. The number of aromatic nitrogens is 2. The summed E-state index contributed by atoms with van der Waals surface area (Å²) < 4.78 is 28.1. The Bertz CT molecular complexity index is 965. The number of nitrogens with zero attached hydrogens (tertiary/aromatic N) is 4. The van der Waals surface area contributed by atoms with Gasteiger partial charge < -0.3 is 9.47 Å². The summed E-state index contributed by atoms with van der Waals surface area (Å²) >= 11 is 0. The number of rotatable bonds is 6. The Morgan fingerprint density at radius 1 is 1.32 bits per heavy atom. The number of piperidine rings is 1. The second-order valence-corrected chi connectivity index (χ2v) is 9.95. The highest BCUT2D eigenvalue weighted by Gasteiger charge is 2.22. The van der Waals surface area contributed by atoms with Gasteiger partial charge in [-0.15, -0.1) is 0 Å². The SMILES string of the molecule is CCn1c(CCC(=O)N2CCCC(C)C2)nc2cc(S(=O)(=O)N(C)C)ccc21. The van der Waals surface area contributed by atoms with Gasteiger partial charge >= 0.3 is 0 Å². The van der Waals surface area contributed by atoms with E-state index in [4.69, 9.17) is 0 Å². The van der Waals surface area contributed by atoms with Gasteiger partial charge in [0.25, 0.3) is 0 Å². The van der Waals surface area contributed by atoms with Gasteiger partial charge in [0.05, 0.1) is 15.9 Å². The van der Waals surface area contributed by atoms with Crippen LogP contribution in [0.5, 0.6) is 0 Å². The Morgan fingerprint density at radius 2 is 2.07 bits per heavy atom. The number of imidazole rings is 1. The number of fused-ring (bicyclic) bond motifs is 1. The van der Waals surface area contributed by atoms with Crippen LogP contribution in [0, 0.1) is 5.92 Å². The van der Waals surface area contributed by atoms with Gasteiger partial charge in [0.2, 0.25) is 15.9 Å². The molecule has 1 aromatic carbocycles. The van der Waals surface area contributed by atoms with E-state index >= 15 is 0 Å². The van der Waals surface area contributed by atoms with Crippen LogP contribution in [0.1, 0.15) is 38.9 Å². The fourth-order valence-electron chi connectivity index (χ4n) is 3.87. The molecule has 0 saturated carbocycles. The molecule has 0 bridgehead atoms. The van der Waals surface area contributed by atoms with Crippen LogP contribution in [-0.4, -0.2) is 60.3 Å². The average Bonchev–Trinajstić information content (AvgIpc) is 3.02. The number of likely N-dealkylation sites (tertiary alicyclic amines) is 1. The molecule has 1 aliphatic rings. The van der Waals surface area contributed by atoms with Crippen LogP contribution in [0.15, 0.2) is 23.1 Å². The number of carbonyl (C=O) groups is 1. The maximum Gasteiger partial charge on any atom is 0.242 e. The fourth-order valence-corrected chi connectivity index (χ4v) is 4.79. The Hall–Kier alpha value is -1.93. The summed E-state index contributed by atoms with van der Waals surface area (Å²) in [5.74, 6) is 1.57. The highest BCUT2D eigenvalue weighted by Crippen LogP contribution is 2.23. The fraction of sp³-hybridized carbons (Fsp3) is 0.600. The van der Waals surface area contributed by atoms with Gasteiger partial charge in [0, 0.05) is 46.6 Å². The molecule has 28 heavy (non-hydrogen) atoms. The van der Waals surface area contributed by atoms with Crippen molar-refractivity contribution >= 4 is 27.0 Å². The molecule has 0 N–H and O–H groups in total. The summed E-state index contributed by atoms with van der Waals surface area (Å²) in [4.78, 5) is 19.5. The summed E-state index contributed by atoms with van der Waals surface area (Å²) in [6, 6.07) is 5.05. The van der Waals surface area contributed by atoms with E-state index in [-0.39, 0.29) is 10.8 Å². The lowest BCUT2D eigenvalue weighted by Crippen LogP contribution is -2.39. The molecule has 2 heterocycles. The molecule has 1 saturated heterocycles. The average molecular weight is 407 g/mol. The molecular weight excluding hydrogens is 376 g/mol. The summed E-state index contributed by atoms with van der Waals surface area (Å²) in [5.41, 5.74) is 1.55. The van der Waals surface area contributed by atoms with E-state index in [1.165, 1.54) is 24.8 Å². The van der Waals surface area contributed by atoms with Crippen molar-refractivity contribution in [3.63, 3.8) is 0 Å². The predicted molar refractivity (Wildman–Crippen MR) is 110 cm³/mol. The zero-order valence-corrected chi connectivity index (χ0v) is 18.0. The first-order chi connectivity index (χ1) is 13.2. The topological polar surface area (TPSA) is 75.5 Å². The van der Waals surface area contributed by atoms with E-state index in [0.29, 0.717) is 24.3 Å². The molecule has 0 spiro atoms. The molecular formula is C20H30N4O3S. The molecule has 154 valence electrons. The molecule has 8 heteroatoms. The molecule has 0 aliphatic carbocycles. The van der Waals surface area contributed by atoms with Crippen molar-refractivity contribution in [2.24, 2.45) is 5.92 Å². The van der Waals surface area contributed by atoms with Crippen molar-refractivity contribution in [2.75, 3.05) is 27.2 Å². The van der Waals surface area contributed by atoms with Crippen molar-refractivity contribution in [1.82, 2.24) is 18.8 Å². The van der Waals surface area contributed by atoms with Crippen LogP contribution >= 0.6 is 0 Å². The molecule has 1 fully saturated rings. The van der Waals surface area contributed by atoms with Crippen LogP contribution in [0.3, 0.4) is 0 Å². The molecule has 1 atom stereocenters. The molecule has 3 rings (SSSR count). The van der Waals surface area contributed by atoms with Gasteiger partial charge in [0.15, 0.2) is 0 Å². The number of hydrogen-bond donors (Lipinski definition) is 0. The third-order valence-corrected chi connectivity index (χ3v) is 7.28. The largest absolute Gasteiger partial charge is 0.342 e. The quantitative estimate of drug-likeness (QED) is 0.739. The summed E-state index contributed by atoms with van der Waals surface area (Å²) in [6.45, 7) is 6.63. The van der Waals surface area contributed by atoms with Gasteiger partial charge in [-0.05, 0) is 43.9 Å². The van der Waals surface area contributed by atoms with E-state index < -0.39 is 10.0 Å². The number of hydrogen-bond acceptors (Lipinski definition) is 4. The highest BCUT2D eigenvalue weighted by atomic mass is 32.2. The number of carbonyl (C=O) groups excluding carboxylic acids is 1. The van der Waals surface area contributed by atoms with Crippen LogP contribution < -0.4 is 0 Å². The van der Waals surface area contributed by atoms with Crippen LogP contribution in [-0.2, 0) is 27.8 Å². The van der Waals surface area contributed by atoms with Crippen LogP contribution in [0.25, 0.3) is 11.0 Å². The smallest absolute Gasteiger partial charge is 0.242 e. The van der Waals surface area contributed by atoms with Crippen molar-refractivity contribution in [2.45, 2.75) is 51.0 Å². The van der Waals surface area contributed by atoms with Gasteiger partial charge in [-0.3, -0.25) is 4.79 Å². The van der Waals surface area contributed by atoms with Crippen LogP contribution in [0.4, 0.5) is 0 Å². The number of benzene rings is 1. The highest BCUT2D eigenvalue weighted by molar-refractivity contribution is 7.89. The first kappa shape index (κ1) is 20.8. The molecule has 7 nitrogen and oxygen atoms in total. The lowest BCUT2D eigenvalue weighted by atomic mass is 10.00. The summed E-state index contributed by atoms with van der Waals surface area (Å²) in [7, 11) is -0.468. The zero-order valence-electron chi connectivity index (χ0n) is 17.2. The Balaban J connectivity index is 1.82. The van der Waals surface area contributed by atoms with Crippen molar-refractivity contribution in [1.29, 1.82) is 0 Å². The molecule has 2 aromatic rings. The summed E-state index contributed by atoms with van der Waals surface area (Å²) in [5, 5.41) is 0.